The quantitative estimate of drug-likeness (QED) is 0.883. The van der Waals surface area contributed by atoms with E-state index < -0.39 is 10.0 Å². The van der Waals surface area contributed by atoms with E-state index in [1.807, 2.05) is 6.92 Å². The minimum absolute atomic E-state index is 0.118. The number of ether oxygens (including phenoxy) is 1. The van der Waals surface area contributed by atoms with Gasteiger partial charge in [-0.3, -0.25) is 4.79 Å². The molecule has 1 amide bonds. The molecular formula is C15H22N2O4S. The Bertz CT molecular complexity index is 624. The molecule has 0 saturated carbocycles. The number of sulfonamides is 1. The zero-order valence-corrected chi connectivity index (χ0v) is 13.7. The molecule has 0 aliphatic carbocycles. The Labute approximate surface area is 131 Å². The van der Waals surface area contributed by atoms with E-state index in [2.05, 4.69) is 4.72 Å². The molecule has 1 heterocycles. The number of nitrogens with one attached hydrogen (secondary N) is 1. The number of rotatable bonds is 5. The van der Waals surface area contributed by atoms with E-state index in [1.165, 1.54) is 12.1 Å². The number of amides is 1. The van der Waals surface area contributed by atoms with Gasteiger partial charge in [0.25, 0.3) is 5.91 Å². The maximum absolute atomic E-state index is 12.4. The summed E-state index contributed by atoms with van der Waals surface area (Å²) in [6.45, 7) is 5.80. The van der Waals surface area contributed by atoms with E-state index in [4.69, 9.17) is 4.74 Å². The van der Waals surface area contributed by atoms with Gasteiger partial charge >= 0.3 is 0 Å². The Morgan fingerprint density at radius 1 is 1.36 bits per heavy atom. The average Bonchev–Trinajstić information content (AvgIpc) is 2.54. The summed E-state index contributed by atoms with van der Waals surface area (Å²) >= 11 is 0. The second kappa shape index (κ2) is 7.21. The Morgan fingerprint density at radius 2 is 2.05 bits per heavy atom. The molecule has 6 nitrogen and oxygen atoms in total. The van der Waals surface area contributed by atoms with Crippen molar-refractivity contribution in [3.05, 3.63) is 29.8 Å². The summed E-state index contributed by atoms with van der Waals surface area (Å²) in [5, 5.41) is 0. The van der Waals surface area contributed by atoms with Crippen molar-refractivity contribution in [2.75, 3.05) is 26.3 Å². The summed E-state index contributed by atoms with van der Waals surface area (Å²) in [6, 6.07) is 6.02. The van der Waals surface area contributed by atoms with Crippen LogP contribution in [0.25, 0.3) is 0 Å². The number of carbonyl (C=O) groups excluding carboxylic acids is 1. The van der Waals surface area contributed by atoms with E-state index >= 15 is 0 Å². The first-order valence-electron chi connectivity index (χ1n) is 7.43. The molecule has 122 valence electrons. The summed E-state index contributed by atoms with van der Waals surface area (Å²) in [5.41, 5.74) is 0.383. The van der Waals surface area contributed by atoms with Crippen LogP contribution < -0.4 is 4.72 Å². The lowest BCUT2D eigenvalue weighted by molar-refractivity contribution is 0.0302. The van der Waals surface area contributed by atoms with Gasteiger partial charge in [0.1, 0.15) is 0 Å². The lowest BCUT2D eigenvalue weighted by Crippen LogP contribution is -2.40. The molecule has 1 saturated heterocycles. The van der Waals surface area contributed by atoms with Gasteiger partial charge in [0, 0.05) is 24.7 Å². The highest BCUT2D eigenvalue weighted by atomic mass is 32.2. The largest absolute Gasteiger partial charge is 0.378 e. The molecule has 1 aromatic rings. The van der Waals surface area contributed by atoms with Crippen molar-refractivity contribution in [3.8, 4) is 0 Å². The third-order valence-corrected chi connectivity index (χ3v) is 5.25. The predicted molar refractivity (Wildman–Crippen MR) is 83.2 cm³/mol. The van der Waals surface area contributed by atoms with Crippen molar-refractivity contribution in [1.29, 1.82) is 0 Å². The van der Waals surface area contributed by atoms with Crippen LogP contribution in [0, 0.1) is 0 Å². The molecule has 1 atom stereocenters. The van der Waals surface area contributed by atoms with Crippen LogP contribution in [0.15, 0.2) is 29.2 Å². The number of morpholine rings is 1. The SMILES string of the molecule is CCC(C)NS(=O)(=O)c1cccc(C(=O)N2CCOCC2)c1. The van der Waals surface area contributed by atoms with Gasteiger partial charge in [-0.15, -0.1) is 0 Å². The lowest BCUT2D eigenvalue weighted by atomic mass is 10.2. The fraction of sp³-hybridized carbons (Fsp3) is 0.533. The molecule has 1 aromatic carbocycles. The molecule has 0 aromatic heterocycles. The van der Waals surface area contributed by atoms with Crippen LogP contribution in [0.1, 0.15) is 30.6 Å². The first-order valence-corrected chi connectivity index (χ1v) is 8.92. The second-order valence-electron chi connectivity index (χ2n) is 5.36. The number of carbonyl (C=O) groups is 1. The number of hydrogen-bond donors (Lipinski definition) is 1. The minimum atomic E-state index is -3.60. The van der Waals surface area contributed by atoms with Gasteiger partial charge in [0.2, 0.25) is 10.0 Å². The highest BCUT2D eigenvalue weighted by Crippen LogP contribution is 2.15. The van der Waals surface area contributed by atoms with Crippen molar-refractivity contribution < 1.29 is 17.9 Å². The molecule has 22 heavy (non-hydrogen) atoms. The van der Waals surface area contributed by atoms with Gasteiger partial charge in [-0.25, -0.2) is 13.1 Å². The Kier molecular flexibility index (Phi) is 5.55. The van der Waals surface area contributed by atoms with Crippen LogP contribution >= 0.6 is 0 Å². The molecule has 1 fully saturated rings. The molecule has 1 unspecified atom stereocenters. The molecule has 1 N–H and O–H groups in total. The van der Waals surface area contributed by atoms with Gasteiger partial charge in [-0.2, -0.15) is 0 Å². The molecule has 1 aliphatic rings. The number of hydrogen-bond acceptors (Lipinski definition) is 4. The van der Waals surface area contributed by atoms with E-state index in [0.29, 0.717) is 38.3 Å². The average molecular weight is 326 g/mol. The van der Waals surface area contributed by atoms with Gasteiger partial charge in [0.15, 0.2) is 0 Å². The van der Waals surface area contributed by atoms with E-state index in [1.54, 1.807) is 24.0 Å². The monoisotopic (exact) mass is 326 g/mol. The molecular weight excluding hydrogens is 304 g/mol. The fourth-order valence-electron chi connectivity index (χ4n) is 2.16. The summed E-state index contributed by atoms with van der Waals surface area (Å²) in [6.07, 6.45) is 0.700. The van der Waals surface area contributed by atoms with E-state index in [0.717, 1.165) is 0 Å². The zero-order valence-electron chi connectivity index (χ0n) is 12.9. The van der Waals surface area contributed by atoms with Crippen LogP contribution in [0.4, 0.5) is 0 Å². The van der Waals surface area contributed by atoms with Crippen molar-refractivity contribution in [2.45, 2.75) is 31.2 Å². The first-order chi connectivity index (χ1) is 10.4. The topological polar surface area (TPSA) is 75.7 Å². The lowest BCUT2D eigenvalue weighted by Gasteiger charge is -2.27. The third kappa shape index (κ3) is 4.06. The van der Waals surface area contributed by atoms with Crippen molar-refractivity contribution in [1.82, 2.24) is 9.62 Å². The Hall–Kier alpha value is -1.44. The molecule has 0 radical (unpaired) electrons. The van der Waals surface area contributed by atoms with Gasteiger partial charge in [0.05, 0.1) is 18.1 Å². The summed E-state index contributed by atoms with van der Waals surface area (Å²) < 4.78 is 32.4. The van der Waals surface area contributed by atoms with Crippen molar-refractivity contribution >= 4 is 15.9 Å². The van der Waals surface area contributed by atoms with Crippen molar-refractivity contribution in [2.24, 2.45) is 0 Å². The first kappa shape index (κ1) is 16.9. The van der Waals surface area contributed by atoms with Crippen LogP contribution in [-0.4, -0.2) is 51.6 Å². The van der Waals surface area contributed by atoms with Crippen LogP contribution in [0.3, 0.4) is 0 Å². The van der Waals surface area contributed by atoms with Gasteiger partial charge in [-0.05, 0) is 31.5 Å². The second-order valence-corrected chi connectivity index (χ2v) is 7.08. The molecule has 2 rings (SSSR count). The van der Waals surface area contributed by atoms with Crippen molar-refractivity contribution in [3.63, 3.8) is 0 Å². The maximum atomic E-state index is 12.4. The maximum Gasteiger partial charge on any atom is 0.254 e. The zero-order chi connectivity index (χ0) is 16.2. The highest BCUT2D eigenvalue weighted by Gasteiger charge is 2.21. The molecule has 0 spiro atoms. The Balaban J connectivity index is 2.20. The van der Waals surface area contributed by atoms with Crippen LogP contribution in [-0.2, 0) is 14.8 Å². The molecule has 1 aliphatic heterocycles. The van der Waals surface area contributed by atoms with Gasteiger partial charge in [-0.1, -0.05) is 13.0 Å². The van der Waals surface area contributed by atoms with Gasteiger partial charge < -0.3 is 9.64 Å². The third-order valence-electron chi connectivity index (χ3n) is 3.66. The van der Waals surface area contributed by atoms with E-state index in [-0.39, 0.29) is 16.8 Å². The smallest absolute Gasteiger partial charge is 0.254 e. The molecule has 0 bridgehead atoms. The normalized spacial score (nSPS) is 17.3. The van der Waals surface area contributed by atoms with E-state index in [9.17, 15) is 13.2 Å². The predicted octanol–water partition coefficient (Wildman–Crippen LogP) is 1.24. The number of nitrogens with zero attached hydrogens (tertiary/aromatic N) is 1. The summed E-state index contributed by atoms with van der Waals surface area (Å²) in [4.78, 5) is 14.2. The van der Waals surface area contributed by atoms with Crippen LogP contribution in [0.2, 0.25) is 0 Å². The standard InChI is InChI=1S/C15H22N2O4S/c1-3-12(2)16-22(19,20)14-6-4-5-13(11-14)15(18)17-7-9-21-10-8-17/h4-6,11-12,16H,3,7-10H2,1-2H3. The minimum Gasteiger partial charge on any atom is -0.378 e. The highest BCUT2D eigenvalue weighted by molar-refractivity contribution is 7.89. The Morgan fingerprint density at radius 3 is 2.68 bits per heavy atom. The fourth-order valence-corrected chi connectivity index (χ4v) is 3.53. The van der Waals surface area contributed by atoms with Crippen LogP contribution in [0.5, 0.6) is 0 Å². The molecule has 7 heteroatoms. The summed E-state index contributed by atoms with van der Waals surface area (Å²) in [7, 11) is -3.60. The number of benzene rings is 1. The summed E-state index contributed by atoms with van der Waals surface area (Å²) in [5.74, 6) is -0.163.